The minimum absolute atomic E-state index is 0.00148. The van der Waals surface area contributed by atoms with Gasteiger partial charge in [0.1, 0.15) is 17.4 Å². The topological polar surface area (TPSA) is 74.2 Å². The third-order valence-electron chi connectivity index (χ3n) is 2.01. The smallest absolute Gasteiger partial charge is 0.267 e. The number of para-hydroxylation sites is 2. The van der Waals surface area contributed by atoms with E-state index in [9.17, 15) is 4.79 Å². The first kappa shape index (κ1) is 12.6. The van der Waals surface area contributed by atoms with E-state index in [1.165, 1.54) is 13.3 Å². The van der Waals surface area contributed by atoms with E-state index in [2.05, 4.69) is 10.6 Å². The van der Waals surface area contributed by atoms with Crippen molar-refractivity contribution in [2.45, 2.75) is 0 Å². The molecule has 88 valence electrons. The van der Waals surface area contributed by atoms with Crippen LogP contribution >= 0.6 is 0 Å². The van der Waals surface area contributed by atoms with E-state index < -0.39 is 5.91 Å². The Hall–Kier alpha value is -2.48. The van der Waals surface area contributed by atoms with E-state index in [0.717, 1.165) is 0 Å². The summed E-state index contributed by atoms with van der Waals surface area (Å²) in [5, 5.41) is 14.0. The summed E-state index contributed by atoms with van der Waals surface area (Å²) in [7, 11) is 3.13. The van der Waals surface area contributed by atoms with E-state index in [1.54, 1.807) is 37.4 Å². The second-order valence-corrected chi connectivity index (χ2v) is 3.11. The molecule has 0 saturated carbocycles. The lowest BCUT2D eigenvalue weighted by Crippen LogP contribution is -2.15. The average Bonchev–Trinajstić information content (AvgIpc) is 2.36. The van der Waals surface area contributed by atoms with Gasteiger partial charge in [0, 0.05) is 13.2 Å². The highest BCUT2D eigenvalue weighted by molar-refractivity contribution is 6.07. The van der Waals surface area contributed by atoms with Crippen LogP contribution < -0.4 is 15.4 Å². The maximum absolute atomic E-state index is 11.7. The first-order chi connectivity index (χ1) is 8.22. The highest BCUT2D eigenvalue weighted by Gasteiger charge is 2.11. The number of methoxy groups -OCH3 is 1. The van der Waals surface area contributed by atoms with E-state index >= 15 is 0 Å². The predicted molar refractivity (Wildman–Crippen MR) is 64.4 cm³/mol. The molecule has 0 atom stereocenters. The van der Waals surface area contributed by atoms with Crippen molar-refractivity contribution in [3.8, 4) is 11.8 Å². The second kappa shape index (κ2) is 6.18. The molecule has 1 rings (SSSR count). The first-order valence-electron chi connectivity index (χ1n) is 4.94. The Balaban J connectivity index is 2.88. The molecule has 0 aromatic heterocycles. The summed E-state index contributed by atoms with van der Waals surface area (Å²) >= 11 is 0. The summed E-state index contributed by atoms with van der Waals surface area (Å²) < 4.78 is 5.09. The molecule has 5 heteroatoms. The summed E-state index contributed by atoms with van der Waals surface area (Å²) in [6.45, 7) is 0. The number of hydrogen-bond donors (Lipinski definition) is 2. The van der Waals surface area contributed by atoms with Gasteiger partial charge in [-0.05, 0) is 12.1 Å². The summed E-state index contributed by atoms with van der Waals surface area (Å²) in [5.74, 6) is 0.0638. The standard InChI is InChI=1S/C12H13N3O2/c1-14-8-9(7-13)12(16)15-10-5-3-4-6-11(10)17-2/h3-6,8,14H,1-2H3,(H,15,16)/b9-8-. The molecule has 0 aliphatic carbocycles. The number of anilines is 1. The number of amides is 1. The Bertz CT molecular complexity index is 475. The van der Waals surface area contributed by atoms with Gasteiger partial charge in [-0.1, -0.05) is 12.1 Å². The molecule has 0 aliphatic rings. The molecule has 1 amide bonds. The number of ether oxygens (including phenoxy) is 1. The lowest BCUT2D eigenvalue weighted by atomic mass is 10.2. The average molecular weight is 231 g/mol. The summed E-state index contributed by atoms with van der Waals surface area (Å²) in [6, 6.07) is 8.80. The van der Waals surface area contributed by atoms with Crippen LogP contribution in [0.4, 0.5) is 5.69 Å². The van der Waals surface area contributed by atoms with Gasteiger partial charge in [0.15, 0.2) is 0 Å². The molecular formula is C12H13N3O2. The van der Waals surface area contributed by atoms with E-state index in [4.69, 9.17) is 10.00 Å². The summed E-state index contributed by atoms with van der Waals surface area (Å²) in [5.41, 5.74) is 0.524. The predicted octanol–water partition coefficient (Wildman–Crippen LogP) is 1.26. The van der Waals surface area contributed by atoms with Gasteiger partial charge in [-0.3, -0.25) is 4.79 Å². The number of nitrogens with one attached hydrogen (secondary N) is 2. The van der Waals surface area contributed by atoms with Gasteiger partial charge in [-0.25, -0.2) is 0 Å². The SMILES string of the molecule is CN/C=C(/C#N)C(=O)Nc1ccccc1OC. The summed E-state index contributed by atoms with van der Waals surface area (Å²) in [6.07, 6.45) is 1.34. The van der Waals surface area contributed by atoms with Crippen LogP contribution in [-0.4, -0.2) is 20.1 Å². The van der Waals surface area contributed by atoms with Gasteiger partial charge in [-0.15, -0.1) is 0 Å². The molecule has 2 N–H and O–H groups in total. The van der Waals surface area contributed by atoms with Gasteiger partial charge in [0.05, 0.1) is 12.8 Å². The fourth-order valence-electron chi connectivity index (χ4n) is 1.23. The van der Waals surface area contributed by atoms with Gasteiger partial charge < -0.3 is 15.4 Å². The summed E-state index contributed by atoms with van der Waals surface area (Å²) in [4.78, 5) is 11.7. The molecule has 5 nitrogen and oxygen atoms in total. The zero-order chi connectivity index (χ0) is 12.7. The molecule has 0 radical (unpaired) electrons. The molecule has 0 unspecified atom stereocenters. The lowest BCUT2D eigenvalue weighted by molar-refractivity contribution is -0.112. The Labute approximate surface area is 99.7 Å². The first-order valence-corrected chi connectivity index (χ1v) is 4.94. The van der Waals surface area contributed by atoms with E-state index in [1.807, 2.05) is 0 Å². The van der Waals surface area contributed by atoms with Crippen molar-refractivity contribution in [3.05, 3.63) is 36.0 Å². The normalized spacial score (nSPS) is 10.3. The second-order valence-electron chi connectivity index (χ2n) is 3.11. The molecule has 0 bridgehead atoms. The quantitative estimate of drug-likeness (QED) is 0.604. The number of hydrogen-bond acceptors (Lipinski definition) is 4. The molecule has 1 aromatic rings. The zero-order valence-corrected chi connectivity index (χ0v) is 9.65. The van der Waals surface area contributed by atoms with Crippen LogP contribution in [0.2, 0.25) is 0 Å². The third-order valence-corrected chi connectivity index (χ3v) is 2.01. The Morgan fingerprint density at radius 3 is 2.76 bits per heavy atom. The number of carbonyl (C=O) groups excluding carboxylic acids is 1. The highest BCUT2D eigenvalue weighted by Crippen LogP contribution is 2.23. The highest BCUT2D eigenvalue weighted by atomic mass is 16.5. The van der Waals surface area contributed by atoms with Gasteiger partial charge in [0.2, 0.25) is 0 Å². The van der Waals surface area contributed by atoms with Crippen molar-refractivity contribution < 1.29 is 9.53 Å². The molecule has 0 fully saturated rings. The van der Waals surface area contributed by atoms with E-state index in [0.29, 0.717) is 11.4 Å². The maximum Gasteiger partial charge on any atom is 0.267 e. The Morgan fingerprint density at radius 2 is 2.18 bits per heavy atom. The molecule has 0 saturated heterocycles. The van der Waals surface area contributed by atoms with Gasteiger partial charge in [0.25, 0.3) is 5.91 Å². The fraction of sp³-hybridized carbons (Fsp3) is 0.167. The van der Waals surface area contributed by atoms with Crippen LogP contribution in [0.5, 0.6) is 5.75 Å². The van der Waals surface area contributed by atoms with Crippen LogP contribution in [0.25, 0.3) is 0 Å². The van der Waals surface area contributed by atoms with Crippen LogP contribution in [0.15, 0.2) is 36.0 Å². The maximum atomic E-state index is 11.7. The number of benzene rings is 1. The van der Waals surface area contributed by atoms with Crippen molar-refractivity contribution >= 4 is 11.6 Å². The molecule has 0 heterocycles. The van der Waals surface area contributed by atoms with Crippen LogP contribution in [-0.2, 0) is 4.79 Å². The fourth-order valence-corrected chi connectivity index (χ4v) is 1.23. The van der Waals surface area contributed by atoms with Gasteiger partial charge >= 0.3 is 0 Å². The third kappa shape index (κ3) is 3.24. The van der Waals surface area contributed by atoms with Crippen molar-refractivity contribution in [2.75, 3.05) is 19.5 Å². The van der Waals surface area contributed by atoms with Crippen LogP contribution in [0.1, 0.15) is 0 Å². The number of nitrogens with zero attached hydrogens (tertiary/aromatic N) is 1. The van der Waals surface area contributed by atoms with Crippen molar-refractivity contribution in [1.82, 2.24) is 5.32 Å². The zero-order valence-electron chi connectivity index (χ0n) is 9.65. The van der Waals surface area contributed by atoms with Crippen LogP contribution in [0.3, 0.4) is 0 Å². The Morgan fingerprint density at radius 1 is 1.47 bits per heavy atom. The van der Waals surface area contributed by atoms with Gasteiger partial charge in [-0.2, -0.15) is 5.26 Å². The van der Waals surface area contributed by atoms with Crippen molar-refractivity contribution in [2.24, 2.45) is 0 Å². The van der Waals surface area contributed by atoms with Crippen molar-refractivity contribution in [1.29, 1.82) is 5.26 Å². The molecule has 0 spiro atoms. The minimum Gasteiger partial charge on any atom is -0.495 e. The Kier molecular flexibility index (Phi) is 4.58. The molecule has 17 heavy (non-hydrogen) atoms. The number of nitriles is 1. The lowest BCUT2D eigenvalue weighted by Gasteiger charge is -2.08. The number of rotatable bonds is 4. The monoisotopic (exact) mass is 231 g/mol. The minimum atomic E-state index is -0.480. The number of carbonyl (C=O) groups is 1. The molecule has 0 aliphatic heterocycles. The molecular weight excluding hydrogens is 218 g/mol. The van der Waals surface area contributed by atoms with E-state index in [-0.39, 0.29) is 5.57 Å². The molecule has 1 aromatic carbocycles. The van der Waals surface area contributed by atoms with Crippen molar-refractivity contribution in [3.63, 3.8) is 0 Å². The van der Waals surface area contributed by atoms with Crippen LogP contribution in [0, 0.1) is 11.3 Å². The largest absolute Gasteiger partial charge is 0.495 e.